The quantitative estimate of drug-likeness (QED) is 0.678. The van der Waals surface area contributed by atoms with Crippen LogP contribution in [0.5, 0.6) is 11.5 Å². The van der Waals surface area contributed by atoms with Crippen molar-refractivity contribution >= 4 is 17.4 Å². The van der Waals surface area contributed by atoms with Crippen molar-refractivity contribution < 1.29 is 14.3 Å². The van der Waals surface area contributed by atoms with Crippen LogP contribution in [-0.4, -0.2) is 31.1 Å². The summed E-state index contributed by atoms with van der Waals surface area (Å²) in [6, 6.07) is 19.8. The lowest BCUT2D eigenvalue weighted by Crippen LogP contribution is -2.46. The number of aromatic nitrogens is 1. The fourth-order valence-electron chi connectivity index (χ4n) is 4.59. The molecular formula is C25H25N3O3. The molecule has 1 amide bonds. The van der Waals surface area contributed by atoms with Crippen LogP contribution >= 0.6 is 0 Å². The lowest BCUT2D eigenvalue weighted by atomic mass is 9.73. The number of nitrogens with one attached hydrogen (secondary N) is 1. The molecule has 2 aromatic carbocycles. The molecule has 0 bridgehead atoms. The standard InChI is InChI=1S/C25H25N3O3/c1-30-21-15-19-20(16-22(21)31-17-18-7-3-2-4-8-18)27-24(29)25(19)10-13-28(14-11-25)23-9-5-6-12-26-23/h2-9,12,15-16H,10-11,13-14,17H2,1H3,(H,27,29). The van der Waals surface area contributed by atoms with Gasteiger partial charge in [0.05, 0.1) is 12.5 Å². The Hall–Kier alpha value is -3.54. The molecule has 1 fully saturated rings. The molecule has 1 spiro atoms. The largest absolute Gasteiger partial charge is 0.493 e. The number of amides is 1. The van der Waals surface area contributed by atoms with Gasteiger partial charge in [0.1, 0.15) is 12.4 Å². The number of anilines is 2. The lowest BCUT2D eigenvalue weighted by Gasteiger charge is -2.38. The molecule has 0 atom stereocenters. The SMILES string of the molecule is COc1cc2c(cc1OCc1ccccc1)NC(=O)C21CCN(c2ccccn2)CC1. The van der Waals surface area contributed by atoms with Crippen LogP contribution in [0.1, 0.15) is 24.0 Å². The third-order valence-corrected chi connectivity index (χ3v) is 6.33. The van der Waals surface area contributed by atoms with Gasteiger partial charge in [-0.05, 0) is 42.2 Å². The maximum absolute atomic E-state index is 13.1. The predicted molar refractivity (Wildman–Crippen MR) is 120 cm³/mol. The Balaban J connectivity index is 1.39. The highest BCUT2D eigenvalue weighted by Gasteiger charge is 2.49. The number of piperidine rings is 1. The molecule has 0 saturated carbocycles. The van der Waals surface area contributed by atoms with Gasteiger partial charge in [-0.15, -0.1) is 0 Å². The van der Waals surface area contributed by atoms with Crippen LogP contribution in [0.15, 0.2) is 66.9 Å². The second kappa shape index (κ2) is 7.95. The number of benzene rings is 2. The molecule has 1 saturated heterocycles. The van der Waals surface area contributed by atoms with E-state index in [1.165, 1.54) is 0 Å². The second-order valence-corrected chi connectivity index (χ2v) is 8.03. The first-order chi connectivity index (χ1) is 15.2. The molecule has 6 heteroatoms. The average Bonchev–Trinajstić information content (AvgIpc) is 3.08. The fraction of sp³-hybridized carbons (Fsp3) is 0.280. The van der Waals surface area contributed by atoms with Crippen LogP contribution in [0.2, 0.25) is 0 Å². The number of methoxy groups -OCH3 is 1. The number of pyridine rings is 1. The fourth-order valence-corrected chi connectivity index (χ4v) is 4.59. The van der Waals surface area contributed by atoms with E-state index in [1.807, 2.05) is 60.7 Å². The van der Waals surface area contributed by atoms with E-state index < -0.39 is 5.41 Å². The smallest absolute Gasteiger partial charge is 0.235 e. The van der Waals surface area contributed by atoms with Crippen LogP contribution in [0.4, 0.5) is 11.5 Å². The van der Waals surface area contributed by atoms with Gasteiger partial charge in [0.25, 0.3) is 0 Å². The topological polar surface area (TPSA) is 63.7 Å². The molecule has 158 valence electrons. The van der Waals surface area contributed by atoms with Crippen LogP contribution in [-0.2, 0) is 16.8 Å². The number of carbonyl (C=O) groups is 1. The summed E-state index contributed by atoms with van der Waals surface area (Å²) in [6.45, 7) is 1.99. The summed E-state index contributed by atoms with van der Waals surface area (Å²) in [6.07, 6.45) is 3.27. The highest BCUT2D eigenvalue weighted by molar-refractivity contribution is 6.07. The van der Waals surface area contributed by atoms with Gasteiger partial charge in [-0.2, -0.15) is 0 Å². The zero-order valence-electron chi connectivity index (χ0n) is 17.5. The molecule has 3 aromatic rings. The Morgan fingerprint density at radius 1 is 1.03 bits per heavy atom. The van der Waals surface area contributed by atoms with E-state index in [-0.39, 0.29) is 5.91 Å². The molecular weight excluding hydrogens is 390 g/mol. The molecule has 31 heavy (non-hydrogen) atoms. The van der Waals surface area contributed by atoms with Crippen LogP contribution < -0.4 is 19.7 Å². The third-order valence-electron chi connectivity index (χ3n) is 6.33. The van der Waals surface area contributed by atoms with Crippen molar-refractivity contribution in [2.75, 3.05) is 30.4 Å². The number of ether oxygens (including phenoxy) is 2. The molecule has 0 unspecified atom stereocenters. The van der Waals surface area contributed by atoms with Gasteiger partial charge in [-0.25, -0.2) is 4.98 Å². The summed E-state index contributed by atoms with van der Waals surface area (Å²) in [4.78, 5) is 19.8. The first-order valence-electron chi connectivity index (χ1n) is 10.6. The lowest BCUT2D eigenvalue weighted by molar-refractivity contribution is -0.121. The van der Waals surface area contributed by atoms with Crippen molar-refractivity contribution in [3.63, 3.8) is 0 Å². The van der Waals surface area contributed by atoms with Crippen molar-refractivity contribution in [3.8, 4) is 11.5 Å². The summed E-state index contributed by atoms with van der Waals surface area (Å²) in [5, 5.41) is 3.09. The molecule has 5 rings (SSSR count). The summed E-state index contributed by atoms with van der Waals surface area (Å²) < 4.78 is 11.7. The average molecular weight is 415 g/mol. The molecule has 1 N–H and O–H groups in total. The normalized spacial score (nSPS) is 16.7. The van der Waals surface area contributed by atoms with Crippen molar-refractivity contribution in [2.45, 2.75) is 24.9 Å². The van der Waals surface area contributed by atoms with Gasteiger partial charge in [-0.3, -0.25) is 4.79 Å². The van der Waals surface area contributed by atoms with Crippen molar-refractivity contribution in [2.24, 2.45) is 0 Å². The summed E-state index contributed by atoms with van der Waals surface area (Å²) in [7, 11) is 1.64. The van der Waals surface area contributed by atoms with E-state index in [1.54, 1.807) is 13.3 Å². The number of hydrogen-bond acceptors (Lipinski definition) is 5. The molecule has 0 aliphatic carbocycles. The first-order valence-corrected chi connectivity index (χ1v) is 10.6. The zero-order chi connectivity index (χ0) is 21.3. The Labute approximate surface area is 181 Å². The summed E-state index contributed by atoms with van der Waals surface area (Å²) in [5.41, 5.74) is 2.36. The van der Waals surface area contributed by atoms with Gasteiger partial charge in [0, 0.05) is 31.0 Å². The zero-order valence-corrected chi connectivity index (χ0v) is 17.5. The van der Waals surface area contributed by atoms with E-state index in [0.717, 1.165) is 48.6 Å². The van der Waals surface area contributed by atoms with E-state index >= 15 is 0 Å². The minimum atomic E-state index is -0.536. The highest BCUT2D eigenvalue weighted by atomic mass is 16.5. The van der Waals surface area contributed by atoms with Gasteiger partial charge in [-0.1, -0.05) is 36.4 Å². The van der Waals surface area contributed by atoms with Crippen LogP contribution in [0.3, 0.4) is 0 Å². The highest BCUT2D eigenvalue weighted by Crippen LogP contribution is 2.49. The number of nitrogens with zero attached hydrogens (tertiary/aromatic N) is 2. The third kappa shape index (κ3) is 3.48. The minimum absolute atomic E-state index is 0.0606. The van der Waals surface area contributed by atoms with Crippen molar-refractivity contribution in [1.29, 1.82) is 0 Å². The number of rotatable bonds is 5. The Kier molecular flexibility index (Phi) is 4.98. The minimum Gasteiger partial charge on any atom is -0.493 e. The predicted octanol–water partition coefficient (Wildman–Crippen LogP) is 4.16. The van der Waals surface area contributed by atoms with Crippen molar-refractivity contribution in [1.82, 2.24) is 4.98 Å². The van der Waals surface area contributed by atoms with Crippen LogP contribution in [0, 0.1) is 0 Å². The van der Waals surface area contributed by atoms with Gasteiger partial charge < -0.3 is 19.7 Å². The first kappa shape index (κ1) is 19.4. The molecule has 1 aromatic heterocycles. The molecule has 0 radical (unpaired) electrons. The monoisotopic (exact) mass is 415 g/mol. The Bertz CT molecular complexity index is 1080. The Morgan fingerprint density at radius 2 is 1.81 bits per heavy atom. The van der Waals surface area contributed by atoms with E-state index in [4.69, 9.17) is 9.47 Å². The summed E-state index contributed by atoms with van der Waals surface area (Å²) >= 11 is 0. The van der Waals surface area contributed by atoms with E-state index in [2.05, 4.69) is 15.2 Å². The number of hydrogen-bond donors (Lipinski definition) is 1. The van der Waals surface area contributed by atoms with Gasteiger partial charge >= 0.3 is 0 Å². The van der Waals surface area contributed by atoms with Gasteiger partial charge in [0.2, 0.25) is 5.91 Å². The number of carbonyl (C=O) groups excluding carboxylic acids is 1. The van der Waals surface area contributed by atoms with E-state index in [9.17, 15) is 4.79 Å². The molecule has 2 aliphatic rings. The number of fused-ring (bicyclic) bond motifs is 2. The van der Waals surface area contributed by atoms with Gasteiger partial charge in [0.15, 0.2) is 11.5 Å². The molecule has 3 heterocycles. The molecule has 6 nitrogen and oxygen atoms in total. The summed E-state index contributed by atoms with van der Waals surface area (Å²) in [5.74, 6) is 2.30. The Morgan fingerprint density at radius 3 is 2.52 bits per heavy atom. The van der Waals surface area contributed by atoms with E-state index in [0.29, 0.717) is 18.1 Å². The van der Waals surface area contributed by atoms with Crippen molar-refractivity contribution in [3.05, 3.63) is 78.0 Å². The molecule has 2 aliphatic heterocycles. The van der Waals surface area contributed by atoms with Crippen LogP contribution in [0.25, 0.3) is 0 Å². The second-order valence-electron chi connectivity index (χ2n) is 8.03. The maximum atomic E-state index is 13.1. The maximum Gasteiger partial charge on any atom is 0.235 e.